The van der Waals surface area contributed by atoms with Crippen LogP contribution < -0.4 is 10.3 Å². The van der Waals surface area contributed by atoms with Gasteiger partial charge in [-0.25, -0.2) is 0 Å². The zero-order valence-electron chi connectivity index (χ0n) is 11.7. The zero-order chi connectivity index (χ0) is 13.7. The van der Waals surface area contributed by atoms with Gasteiger partial charge in [-0.1, -0.05) is 6.42 Å². The van der Waals surface area contributed by atoms with E-state index in [1.54, 1.807) is 4.40 Å². The van der Waals surface area contributed by atoms with Crippen molar-refractivity contribution in [1.82, 2.24) is 9.38 Å². The first-order valence-corrected chi connectivity index (χ1v) is 7.38. The topological polar surface area (TPSA) is 43.6 Å². The normalized spacial score (nSPS) is 20.1. The van der Waals surface area contributed by atoms with Crippen molar-refractivity contribution in [3.05, 3.63) is 39.8 Å². The predicted octanol–water partition coefficient (Wildman–Crippen LogP) is 2.64. The van der Waals surface area contributed by atoms with Crippen LogP contribution >= 0.6 is 0 Å². The maximum absolute atomic E-state index is 12.6. The van der Waals surface area contributed by atoms with Crippen molar-refractivity contribution in [1.29, 1.82) is 0 Å². The van der Waals surface area contributed by atoms with E-state index in [9.17, 15) is 4.79 Å². The molecule has 0 unspecified atom stereocenters. The second-order valence-corrected chi connectivity index (χ2v) is 6.16. The van der Waals surface area contributed by atoms with Gasteiger partial charge in [-0.05, 0) is 50.3 Å². The summed E-state index contributed by atoms with van der Waals surface area (Å²) in [5.74, 6) is 0.572. The van der Waals surface area contributed by atoms with Crippen LogP contribution in [0.3, 0.4) is 0 Å². The van der Waals surface area contributed by atoms with Crippen LogP contribution in [-0.2, 0) is 6.42 Å². The number of rotatable bonds is 0. The van der Waals surface area contributed by atoms with Crippen molar-refractivity contribution in [3.8, 4) is 5.88 Å². The Hall–Kier alpha value is -1.84. The molecule has 3 heterocycles. The van der Waals surface area contributed by atoms with Crippen LogP contribution in [0.2, 0.25) is 0 Å². The summed E-state index contributed by atoms with van der Waals surface area (Å²) >= 11 is 0. The lowest BCUT2D eigenvalue weighted by atomic mass is 9.82. The fraction of sp³-hybridized carbons (Fsp3) is 0.500. The van der Waals surface area contributed by atoms with Gasteiger partial charge >= 0.3 is 0 Å². The summed E-state index contributed by atoms with van der Waals surface area (Å²) in [5.41, 5.74) is 2.42. The van der Waals surface area contributed by atoms with Gasteiger partial charge in [0, 0.05) is 12.6 Å². The summed E-state index contributed by atoms with van der Waals surface area (Å²) in [4.78, 5) is 17.2. The van der Waals surface area contributed by atoms with Gasteiger partial charge in [0.2, 0.25) is 5.88 Å². The van der Waals surface area contributed by atoms with Gasteiger partial charge in [-0.2, -0.15) is 4.98 Å². The van der Waals surface area contributed by atoms with Crippen LogP contribution in [-0.4, -0.2) is 15.0 Å². The molecule has 2 aliphatic rings. The minimum absolute atomic E-state index is 0.0347. The molecule has 104 valence electrons. The molecular formula is C16H18N2O2. The van der Waals surface area contributed by atoms with E-state index in [4.69, 9.17) is 4.74 Å². The molecule has 4 rings (SSSR count). The standard InChI is InChI=1S/C16H18N2O2/c1-11-5-8-18-13(9-11)17-14-12(15(18)19)10-16(20-14)6-3-2-4-7-16/h5,8-9H,2-4,6-7,10H2,1H3. The lowest BCUT2D eigenvalue weighted by molar-refractivity contribution is 0.0494. The molecule has 20 heavy (non-hydrogen) atoms. The van der Waals surface area contributed by atoms with Gasteiger partial charge in [0.15, 0.2) is 0 Å². The average Bonchev–Trinajstić information content (AvgIpc) is 2.77. The lowest BCUT2D eigenvalue weighted by Gasteiger charge is -2.32. The van der Waals surface area contributed by atoms with Crippen molar-refractivity contribution < 1.29 is 4.74 Å². The van der Waals surface area contributed by atoms with E-state index < -0.39 is 0 Å². The number of fused-ring (bicyclic) bond motifs is 2. The highest BCUT2D eigenvalue weighted by Gasteiger charge is 2.42. The highest BCUT2D eigenvalue weighted by atomic mass is 16.5. The van der Waals surface area contributed by atoms with E-state index in [1.165, 1.54) is 19.3 Å². The van der Waals surface area contributed by atoms with Gasteiger partial charge in [-0.15, -0.1) is 0 Å². The summed E-state index contributed by atoms with van der Waals surface area (Å²) in [6.07, 6.45) is 8.28. The monoisotopic (exact) mass is 270 g/mol. The Morgan fingerprint density at radius 2 is 2.10 bits per heavy atom. The summed E-state index contributed by atoms with van der Waals surface area (Å²) in [7, 11) is 0. The van der Waals surface area contributed by atoms with E-state index >= 15 is 0 Å². The molecule has 0 radical (unpaired) electrons. The molecule has 0 amide bonds. The smallest absolute Gasteiger partial charge is 0.265 e. The summed E-state index contributed by atoms with van der Waals surface area (Å²) in [6, 6.07) is 3.87. The van der Waals surface area contributed by atoms with Crippen LogP contribution in [0, 0.1) is 6.92 Å². The van der Waals surface area contributed by atoms with Crippen molar-refractivity contribution in [2.45, 2.75) is 51.0 Å². The summed E-state index contributed by atoms with van der Waals surface area (Å²) < 4.78 is 7.78. The number of ether oxygens (including phenoxy) is 1. The van der Waals surface area contributed by atoms with Crippen LogP contribution in [0.4, 0.5) is 0 Å². The molecule has 0 aromatic carbocycles. The summed E-state index contributed by atoms with van der Waals surface area (Å²) in [6.45, 7) is 2.00. The molecule has 4 heteroatoms. The van der Waals surface area contributed by atoms with Gasteiger partial charge < -0.3 is 4.74 Å². The van der Waals surface area contributed by atoms with E-state index in [0.717, 1.165) is 30.4 Å². The maximum atomic E-state index is 12.6. The fourth-order valence-corrected chi connectivity index (χ4v) is 3.53. The molecule has 1 saturated carbocycles. The summed E-state index contributed by atoms with van der Waals surface area (Å²) in [5, 5.41) is 0. The highest BCUT2D eigenvalue weighted by molar-refractivity contribution is 5.46. The third-order valence-corrected chi connectivity index (χ3v) is 4.62. The zero-order valence-corrected chi connectivity index (χ0v) is 11.7. The van der Waals surface area contributed by atoms with Crippen molar-refractivity contribution >= 4 is 5.65 Å². The first-order valence-electron chi connectivity index (χ1n) is 7.38. The Kier molecular flexibility index (Phi) is 2.43. The molecule has 1 spiro atoms. The number of nitrogens with zero attached hydrogens (tertiary/aromatic N) is 2. The highest BCUT2D eigenvalue weighted by Crippen LogP contribution is 2.41. The third-order valence-electron chi connectivity index (χ3n) is 4.62. The third kappa shape index (κ3) is 1.67. The molecule has 0 atom stereocenters. The minimum atomic E-state index is -0.153. The largest absolute Gasteiger partial charge is 0.470 e. The van der Waals surface area contributed by atoms with E-state index in [0.29, 0.717) is 11.5 Å². The van der Waals surface area contributed by atoms with Crippen molar-refractivity contribution in [2.24, 2.45) is 0 Å². The number of aromatic nitrogens is 2. The molecule has 0 bridgehead atoms. The average molecular weight is 270 g/mol. The molecule has 1 aliphatic heterocycles. The van der Waals surface area contributed by atoms with Crippen LogP contribution in [0.1, 0.15) is 43.2 Å². The molecule has 1 aliphatic carbocycles. The van der Waals surface area contributed by atoms with Gasteiger partial charge in [0.05, 0.1) is 5.56 Å². The molecule has 2 aromatic rings. The fourth-order valence-electron chi connectivity index (χ4n) is 3.53. The molecule has 4 nitrogen and oxygen atoms in total. The van der Waals surface area contributed by atoms with Gasteiger partial charge in [-0.3, -0.25) is 9.20 Å². The number of pyridine rings is 1. The SMILES string of the molecule is Cc1ccn2c(=O)c3c(nc2c1)OC1(CCCCC1)C3. The van der Waals surface area contributed by atoms with Crippen LogP contribution in [0.5, 0.6) is 5.88 Å². The Bertz CT molecular complexity index is 742. The maximum Gasteiger partial charge on any atom is 0.265 e. The number of hydrogen-bond acceptors (Lipinski definition) is 3. The van der Waals surface area contributed by atoms with Gasteiger partial charge in [0.1, 0.15) is 11.2 Å². The first-order chi connectivity index (χ1) is 9.67. The molecular weight excluding hydrogens is 252 g/mol. The molecule has 0 saturated heterocycles. The predicted molar refractivity (Wildman–Crippen MR) is 76.3 cm³/mol. The van der Waals surface area contributed by atoms with Crippen molar-refractivity contribution in [3.63, 3.8) is 0 Å². The van der Waals surface area contributed by atoms with Crippen LogP contribution in [0.25, 0.3) is 5.65 Å². The van der Waals surface area contributed by atoms with Crippen molar-refractivity contribution in [2.75, 3.05) is 0 Å². The Labute approximate surface area is 117 Å². The Balaban J connectivity index is 1.87. The number of aryl methyl sites for hydroxylation is 1. The van der Waals surface area contributed by atoms with Gasteiger partial charge in [0.25, 0.3) is 5.56 Å². The van der Waals surface area contributed by atoms with Crippen LogP contribution in [0.15, 0.2) is 23.1 Å². The lowest BCUT2D eigenvalue weighted by Crippen LogP contribution is -2.36. The first kappa shape index (κ1) is 11.9. The van der Waals surface area contributed by atoms with E-state index in [-0.39, 0.29) is 11.2 Å². The van der Waals surface area contributed by atoms with E-state index in [2.05, 4.69) is 4.98 Å². The Morgan fingerprint density at radius 3 is 2.90 bits per heavy atom. The Morgan fingerprint density at radius 1 is 1.30 bits per heavy atom. The molecule has 0 N–H and O–H groups in total. The van der Waals surface area contributed by atoms with E-state index in [1.807, 2.05) is 25.3 Å². The molecule has 2 aromatic heterocycles. The minimum Gasteiger partial charge on any atom is -0.470 e. The second kappa shape index (κ2) is 4.08. The number of hydrogen-bond donors (Lipinski definition) is 0. The second-order valence-electron chi connectivity index (χ2n) is 6.16. The molecule has 1 fully saturated rings. The quantitative estimate of drug-likeness (QED) is 0.739.